The zero-order valence-electron chi connectivity index (χ0n) is 16.8. The number of hydrogen-bond donors (Lipinski definition) is 1. The summed E-state index contributed by atoms with van der Waals surface area (Å²) in [6.07, 6.45) is 0. The summed E-state index contributed by atoms with van der Waals surface area (Å²) >= 11 is 0. The number of furan rings is 1. The van der Waals surface area contributed by atoms with E-state index in [1.807, 2.05) is 0 Å². The standard InChI is InChI=1S/C19H23NO8S/c1-11(2)20-29(23,24)16-9-13(6-7-15(16)25-4)18(21)27-10-14-8-12(3)17(28-14)19(22)26-5/h6-9,11,20H,10H2,1-5H3. The summed E-state index contributed by atoms with van der Waals surface area (Å²) in [4.78, 5) is 23.8. The Kier molecular flexibility index (Phi) is 7.04. The van der Waals surface area contributed by atoms with Gasteiger partial charge in [0.2, 0.25) is 15.8 Å². The number of benzene rings is 1. The highest BCUT2D eigenvalue weighted by Gasteiger charge is 2.23. The molecule has 0 saturated carbocycles. The Morgan fingerprint density at radius 3 is 2.41 bits per heavy atom. The molecular weight excluding hydrogens is 402 g/mol. The molecule has 0 fully saturated rings. The van der Waals surface area contributed by atoms with Crippen molar-refractivity contribution < 1.29 is 36.6 Å². The molecule has 0 spiro atoms. The van der Waals surface area contributed by atoms with Crippen molar-refractivity contribution in [3.8, 4) is 5.75 Å². The molecule has 0 unspecified atom stereocenters. The van der Waals surface area contributed by atoms with Gasteiger partial charge in [-0.2, -0.15) is 0 Å². The average molecular weight is 425 g/mol. The fourth-order valence-electron chi connectivity index (χ4n) is 2.52. The number of hydrogen-bond acceptors (Lipinski definition) is 8. The number of esters is 2. The largest absolute Gasteiger partial charge is 0.495 e. The van der Waals surface area contributed by atoms with Gasteiger partial charge in [-0.15, -0.1) is 0 Å². The van der Waals surface area contributed by atoms with Gasteiger partial charge in [-0.3, -0.25) is 0 Å². The Morgan fingerprint density at radius 1 is 1.14 bits per heavy atom. The number of aryl methyl sites for hydroxylation is 1. The maximum Gasteiger partial charge on any atom is 0.374 e. The molecule has 10 heteroatoms. The van der Waals surface area contributed by atoms with Crippen LogP contribution in [0.5, 0.6) is 5.75 Å². The van der Waals surface area contributed by atoms with Gasteiger partial charge in [0.1, 0.15) is 23.0 Å². The second kappa shape index (κ2) is 9.10. The van der Waals surface area contributed by atoms with Crippen molar-refractivity contribution in [3.05, 3.63) is 46.9 Å². The van der Waals surface area contributed by atoms with Crippen LogP contribution in [0.3, 0.4) is 0 Å². The molecule has 29 heavy (non-hydrogen) atoms. The maximum atomic E-state index is 12.5. The van der Waals surface area contributed by atoms with E-state index in [2.05, 4.69) is 9.46 Å². The predicted octanol–water partition coefficient (Wildman–Crippen LogP) is 2.43. The Labute approximate surface area is 169 Å². The molecule has 0 aliphatic heterocycles. The van der Waals surface area contributed by atoms with Crippen molar-refractivity contribution in [1.29, 1.82) is 0 Å². The molecule has 2 aromatic rings. The molecule has 1 aromatic heterocycles. The number of carbonyl (C=O) groups excluding carboxylic acids is 2. The number of sulfonamides is 1. The van der Waals surface area contributed by atoms with Gasteiger partial charge in [0, 0.05) is 11.6 Å². The molecular formula is C19H23NO8S. The van der Waals surface area contributed by atoms with E-state index >= 15 is 0 Å². The van der Waals surface area contributed by atoms with Crippen LogP contribution >= 0.6 is 0 Å². The molecule has 0 atom stereocenters. The highest BCUT2D eigenvalue weighted by Crippen LogP contribution is 2.26. The van der Waals surface area contributed by atoms with Crippen LogP contribution in [0.1, 0.15) is 46.1 Å². The van der Waals surface area contributed by atoms with Crippen molar-refractivity contribution in [2.75, 3.05) is 14.2 Å². The zero-order valence-corrected chi connectivity index (χ0v) is 17.6. The Hall–Kier alpha value is -2.85. The van der Waals surface area contributed by atoms with Crippen LogP contribution in [0.15, 0.2) is 33.6 Å². The van der Waals surface area contributed by atoms with Crippen LogP contribution in [-0.4, -0.2) is 40.6 Å². The molecule has 158 valence electrons. The highest BCUT2D eigenvalue weighted by molar-refractivity contribution is 7.89. The molecule has 1 aromatic carbocycles. The fourth-order valence-corrected chi connectivity index (χ4v) is 3.97. The first kappa shape index (κ1) is 22.4. The summed E-state index contributed by atoms with van der Waals surface area (Å²) in [6.45, 7) is 4.77. The molecule has 0 saturated heterocycles. The summed E-state index contributed by atoms with van der Waals surface area (Å²) in [6, 6.07) is 5.15. The molecule has 0 aliphatic rings. The number of rotatable bonds is 8. The van der Waals surface area contributed by atoms with Crippen LogP contribution in [0, 0.1) is 6.92 Å². The Morgan fingerprint density at radius 2 is 1.83 bits per heavy atom. The number of carbonyl (C=O) groups is 2. The molecule has 0 amide bonds. The number of ether oxygens (including phenoxy) is 3. The van der Waals surface area contributed by atoms with Crippen LogP contribution in [-0.2, 0) is 26.1 Å². The second-order valence-corrected chi connectivity index (χ2v) is 8.12. The van der Waals surface area contributed by atoms with E-state index in [1.165, 1.54) is 32.4 Å². The summed E-state index contributed by atoms with van der Waals surface area (Å²) in [5.74, 6) is -1.03. The van der Waals surface area contributed by atoms with Crippen molar-refractivity contribution in [1.82, 2.24) is 4.72 Å². The number of nitrogens with one attached hydrogen (secondary N) is 1. The first-order chi connectivity index (χ1) is 13.6. The van der Waals surface area contributed by atoms with Crippen LogP contribution in [0.2, 0.25) is 0 Å². The third-order valence-corrected chi connectivity index (χ3v) is 5.44. The van der Waals surface area contributed by atoms with Gasteiger partial charge in [-0.05, 0) is 45.0 Å². The van der Waals surface area contributed by atoms with Gasteiger partial charge < -0.3 is 18.6 Å². The van der Waals surface area contributed by atoms with Gasteiger partial charge in [-0.25, -0.2) is 22.7 Å². The third kappa shape index (κ3) is 5.36. The molecule has 9 nitrogen and oxygen atoms in total. The molecule has 0 bridgehead atoms. The minimum atomic E-state index is -3.89. The summed E-state index contributed by atoms with van der Waals surface area (Å²) in [7, 11) is -1.33. The van der Waals surface area contributed by atoms with Crippen LogP contribution < -0.4 is 9.46 Å². The highest BCUT2D eigenvalue weighted by atomic mass is 32.2. The van der Waals surface area contributed by atoms with Gasteiger partial charge in [0.05, 0.1) is 19.8 Å². The van der Waals surface area contributed by atoms with E-state index < -0.39 is 22.0 Å². The Balaban J connectivity index is 2.21. The van der Waals surface area contributed by atoms with E-state index in [0.29, 0.717) is 5.56 Å². The van der Waals surface area contributed by atoms with Gasteiger partial charge in [0.15, 0.2) is 0 Å². The summed E-state index contributed by atoms with van der Waals surface area (Å²) in [5.41, 5.74) is 0.562. The quantitative estimate of drug-likeness (QED) is 0.640. The second-order valence-electron chi connectivity index (χ2n) is 6.43. The van der Waals surface area contributed by atoms with Crippen LogP contribution in [0.25, 0.3) is 0 Å². The number of methoxy groups -OCH3 is 2. The van der Waals surface area contributed by atoms with Crippen molar-refractivity contribution in [2.45, 2.75) is 38.3 Å². The van der Waals surface area contributed by atoms with Crippen molar-refractivity contribution >= 4 is 22.0 Å². The maximum absolute atomic E-state index is 12.5. The van der Waals surface area contributed by atoms with E-state index in [0.717, 1.165) is 0 Å². The summed E-state index contributed by atoms with van der Waals surface area (Å²) < 4.78 is 47.7. The van der Waals surface area contributed by atoms with E-state index in [-0.39, 0.29) is 40.4 Å². The lowest BCUT2D eigenvalue weighted by molar-refractivity contribution is 0.0438. The first-order valence-electron chi connectivity index (χ1n) is 8.64. The minimum absolute atomic E-state index is 0.0198. The topological polar surface area (TPSA) is 121 Å². The third-order valence-electron chi connectivity index (χ3n) is 3.76. The van der Waals surface area contributed by atoms with E-state index in [4.69, 9.17) is 13.9 Å². The van der Waals surface area contributed by atoms with Gasteiger partial charge >= 0.3 is 11.9 Å². The van der Waals surface area contributed by atoms with Gasteiger partial charge in [-0.1, -0.05) is 0 Å². The molecule has 1 N–H and O–H groups in total. The van der Waals surface area contributed by atoms with E-state index in [1.54, 1.807) is 26.8 Å². The SMILES string of the molecule is COC(=O)c1oc(COC(=O)c2ccc(OC)c(S(=O)(=O)NC(C)C)c2)cc1C. The minimum Gasteiger partial charge on any atom is -0.495 e. The lowest BCUT2D eigenvalue weighted by Crippen LogP contribution is -2.30. The molecule has 1 heterocycles. The normalized spacial score (nSPS) is 11.4. The lowest BCUT2D eigenvalue weighted by Gasteiger charge is -2.13. The van der Waals surface area contributed by atoms with Gasteiger partial charge in [0.25, 0.3) is 0 Å². The zero-order chi connectivity index (χ0) is 21.8. The molecule has 0 radical (unpaired) electrons. The molecule has 0 aliphatic carbocycles. The van der Waals surface area contributed by atoms with Crippen LogP contribution in [0.4, 0.5) is 0 Å². The van der Waals surface area contributed by atoms with Crippen molar-refractivity contribution in [3.63, 3.8) is 0 Å². The summed E-state index contributed by atoms with van der Waals surface area (Å²) in [5, 5.41) is 0. The monoisotopic (exact) mass is 425 g/mol. The van der Waals surface area contributed by atoms with Crippen molar-refractivity contribution in [2.24, 2.45) is 0 Å². The predicted molar refractivity (Wildman–Crippen MR) is 102 cm³/mol. The Bertz CT molecular complexity index is 1010. The smallest absolute Gasteiger partial charge is 0.374 e. The fraction of sp³-hybridized carbons (Fsp3) is 0.368. The van der Waals surface area contributed by atoms with E-state index in [9.17, 15) is 18.0 Å². The first-order valence-corrected chi connectivity index (χ1v) is 10.1. The lowest BCUT2D eigenvalue weighted by atomic mass is 10.2. The molecule has 2 rings (SSSR count). The average Bonchev–Trinajstić information content (AvgIpc) is 3.04.